The van der Waals surface area contributed by atoms with Gasteiger partial charge in [0.1, 0.15) is 0 Å². The van der Waals surface area contributed by atoms with E-state index in [1.165, 1.54) is 4.31 Å². The Morgan fingerprint density at radius 2 is 1.86 bits per heavy atom. The fourth-order valence-corrected chi connectivity index (χ4v) is 3.97. The fourth-order valence-electron chi connectivity index (χ4n) is 3.04. The number of rotatable bonds is 6. The van der Waals surface area contributed by atoms with Gasteiger partial charge in [-0.15, -0.1) is 0 Å². The molecule has 3 aromatic rings. The Morgan fingerprint density at radius 1 is 1.11 bits per heavy atom. The van der Waals surface area contributed by atoms with E-state index in [9.17, 15) is 13.2 Å². The summed E-state index contributed by atoms with van der Waals surface area (Å²) in [5.41, 5.74) is 3.80. The van der Waals surface area contributed by atoms with Gasteiger partial charge in [0.2, 0.25) is 15.9 Å². The van der Waals surface area contributed by atoms with Gasteiger partial charge < -0.3 is 5.32 Å². The maximum Gasteiger partial charge on any atom is 0.232 e. The molecule has 0 aliphatic heterocycles. The molecule has 146 valence electrons. The van der Waals surface area contributed by atoms with Crippen LogP contribution in [0.25, 0.3) is 10.9 Å². The summed E-state index contributed by atoms with van der Waals surface area (Å²) in [7, 11) is -3.58. The molecule has 1 N–H and O–H groups in total. The van der Waals surface area contributed by atoms with E-state index >= 15 is 0 Å². The first kappa shape index (κ1) is 19.8. The van der Waals surface area contributed by atoms with Crippen molar-refractivity contribution in [3.8, 4) is 0 Å². The zero-order chi connectivity index (χ0) is 20.3. The van der Waals surface area contributed by atoms with Crippen LogP contribution in [0.15, 0.2) is 54.7 Å². The second kappa shape index (κ2) is 7.98. The average molecular weight is 398 g/mol. The molecule has 0 spiro atoms. The Hall–Kier alpha value is -2.93. The first-order valence-corrected chi connectivity index (χ1v) is 10.8. The Kier molecular flexibility index (Phi) is 5.65. The minimum atomic E-state index is -3.58. The third-order valence-corrected chi connectivity index (χ3v) is 5.67. The minimum Gasteiger partial charge on any atom is -0.326 e. The van der Waals surface area contributed by atoms with Crippen LogP contribution in [-0.4, -0.2) is 32.1 Å². The maximum atomic E-state index is 12.5. The predicted octanol–water partition coefficient (Wildman–Crippen LogP) is 3.65. The lowest BCUT2D eigenvalue weighted by Crippen LogP contribution is -2.33. The Morgan fingerprint density at radius 3 is 2.61 bits per heavy atom. The van der Waals surface area contributed by atoms with Crippen molar-refractivity contribution in [1.29, 1.82) is 0 Å². The molecular formula is C21H23N3O3S. The molecule has 1 aromatic heterocycles. The molecule has 0 atom stereocenters. The van der Waals surface area contributed by atoms with Gasteiger partial charge in [0, 0.05) is 30.2 Å². The van der Waals surface area contributed by atoms with Crippen molar-refractivity contribution >= 4 is 38.2 Å². The molecule has 0 aliphatic carbocycles. The largest absolute Gasteiger partial charge is 0.326 e. The van der Waals surface area contributed by atoms with Crippen LogP contribution in [0.2, 0.25) is 0 Å². The Bertz CT molecular complexity index is 1120. The normalized spacial score (nSPS) is 11.4. The van der Waals surface area contributed by atoms with Gasteiger partial charge in [0.05, 0.1) is 17.5 Å². The first-order chi connectivity index (χ1) is 13.3. The zero-order valence-corrected chi connectivity index (χ0v) is 17.0. The molecule has 0 aliphatic rings. The highest BCUT2D eigenvalue weighted by Crippen LogP contribution is 2.27. The molecule has 28 heavy (non-hydrogen) atoms. The number of carbonyl (C=O) groups is 1. The summed E-state index contributed by atoms with van der Waals surface area (Å²) in [6.07, 6.45) is 2.79. The van der Waals surface area contributed by atoms with Crippen LogP contribution in [0, 0.1) is 13.8 Å². The molecule has 0 fully saturated rings. The molecule has 7 heteroatoms. The van der Waals surface area contributed by atoms with Gasteiger partial charge in [-0.25, -0.2) is 8.42 Å². The number of hydrogen-bond acceptors (Lipinski definition) is 4. The highest BCUT2D eigenvalue weighted by molar-refractivity contribution is 7.92. The van der Waals surface area contributed by atoms with Crippen molar-refractivity contribution in [1.82, 2.24) is 4.98 Å². The van der Waals surface area contributed by atoms with Crippen LogP contribution < -0.4 is 9.62 Å². The number of nitrogens with one attached hydrogen (secondary N) is 1. The average Bonchev–Trinajstić information content (AvgIpc) is 2.64. The smallest absolute Gasteiger partial charge is 0.232 e. The molecule has 0 radical (unpaired) electrons. The molecule has 6 nitrogen and oxygen atoms in total. The van der Waals surface area contributed by atoms with Crippen LogP contribution in [0.1, 0.15) is 17.5 Å². The van der Waals surface area contributed by atoms with Crippen molar-refractivity contribution in [2.24, 2.45) is 0 Å². The first-order valence-electron chi connectivity index (χ1n) is 8.94. The summed E-state index contributed by atoms with van der Waals surface area (Å²) in [6, 6.07) is 14.9. The van der Waals surface area contributed by atoms with E-state index in [4.69, 9.17) is 0 Å². The van der Waals surface area contributed by atoms with Crippen LogP contribution in [-0.2, 0) is 14.8 Å². The molecule has 0 saturated carbocycles. The van der Waals surface area contributed by atoms with Crippen LogP contribution >= 0.6 is 0 Å². The number of para-hydroxylation sites is 1. The number of aryl methyl sites for hydroxylation is 2. The quantitative estimate of drug-likeness (QED) is 0.689. The predicted molar refractivity (Wildman–Crippen MR) is 113 cm³/mol. The van der Waals surface area contributed by atoms with Crippen molar-refractivity contribution in [2.75, 3.05) is 22.4 Å². The van der Waals surface area contributed by atoms with E-state index in [1.807, 2.05) is 44.2 Å². The molecular weight excluding hydrogens is 374 g/mol. The fraction of sp³-hybridized carbons (Fsp3) is 0.238. The van der Waals surface area contributed by atoms with Gasteiger partial charge in [-0.3, -0.25) is 14.1 Å². The van der Waals surface area contributed by atoms with Gasteiger partial charge in [0.25, 0.3) is 0 Å². The van der Waals surface area contributed by atoms with Crippen LogP contribution in [0.5, 0.6) is 0 Å². The lowest BCUT2D eigenvalue weighted by molar-refractivity contribution is -0.116. The van der Waals surface area contributed by atoms with E-state index in [0.717, 1.165) is 28.5 Å². The zero-order valence-electron chi connectivity index (χ0n) is 16.1. The van der Waals surface area contributed by atoms with E-state index < -0.39 is 10.0 Å². The second-order valence-corrected chi connectivity index (χ2v) is 8.71. The monoisotopic (exact) mass is 397 g/mol. The SMILES string of the molecule is Cc1ccc(C)c(NC(=O)CCN(c2cccc3cccnc23)S(C)(=O)=O)c1. The second-order valence-electron chi connectivity index (χ2n) is 6.80. The summed E-state index contributed by atoms with van der Waals surface area (Å²) in [5.74, 6) is -0.240. The number of carbonyl (C=O) groups excluding carboxylic acids is 1. The number of pyridine rings is 1. The molecule has 1 amide bonds. The number of sulfonamides is 1. The summed E-state index contributed by atoms with van der Waals surface area (Å²) in [5, 5.41) is 3.71. The lowest BCUT2D eigenvalue weighted by atomic mass is 10.1. The number of nitrogens with zero attached hydrogens (tertiary/aromatic N) is 2. The topological polar surface area (TPSA) is 79.4 Å². The van der Waals surface area contributed by atoms with Crippen molar-refractivity contribution in [2.45, 2.75) is 20.3 Å². The molecule has 0 bridgehead atoms. The molecule has 3 rings (SSSR count). The summed E-state index contributed by atoms with van der Waals surface area (Å²) >= 11 is 0. The number of aromatic nitrogens is 1. The number of hydrogen-bond donors (Lipinski definition) is 1. The van der Waals surface area contributed by atoms with Gasteiger partial charge in [-0.2, -0.15) is 0 Å². The Labute approximate surface area is 165 Å². The van der Waals surface area contributed by atoms with E-state index in [2.05, 4.69) is 10.3 Å². The lowest BCUT2D eigenvalue weighted by Gasteiger charge is -2.23. The highest BCUT2D eigenvalue weighted by Gasteiger charge is 2.21. The molecule has 2 aromatic carbocycles. The van der Waals surface area contributed by atoms with Gasteiger partial charge in [-0.1, -0.05) is 30.3 Å². The van der Waals surface area contributed by atoms with Crippen LogP contribution in [0.4, 0.5) is 11.4 Å². The van der Waals surface area contributed by atoms with Crippen molar-refractivity contribution < 1.29 is 13.2 Å². The summed E-state index contributed by atoms with van der Waals surface area (Å²) in [6.45, 7) is 3.90. The third-order valence-electron chi connectivity index (χ3n) is 4.49. The third kappa shape index (κ3) is 4.48. The van der Waals surface area contributed by atoms with Crippen molar-refractivity contribution in [3.05, 3.63) is 65.9 Å². The molecule has 0 saturated heterocycles. The summed E-state index contributed by atoms with van der Waals surface area (Å²) in [4.78, 5) is 16.8. The standard InChI is InChI=1S/C21H23N3O3S/c1-15-9-10-16(2)18(14-15)23-20(25)11-13-24(28(3,26)27)19-8-4-6-17-7-5-12-22-21(17)19/h4-10,12,14H,11,13H2,1-3H3,(H,23,25). The Balaban J connectivity index is 1.82. The number of fused-ring (bicyclic) bond motifs is 1. The van der Waals surface area contributed by atoms with E-state index in [0.29, 0.717) is 11.2 Å². The molecule has 0 unspecified atom stereocenters. The number of benzene rings is 2. The highest BCUT2D eigenvalue weighted by atomic mass is 32.2. The van der Waals surface area contributed by atoms with Gasteiger partial charge >= 0.3 is 0 Å². The molecule has 1 heterocycles. The number of amides is 1. The minimum absolute atomic E-state index is 0.0314. The van der Waals surface area contributed by atoms with Gasteiger partial charge in [0.15, 0.2) is 0 Å². The summed E-state index contributed by atoms with van der Waals surface area (Å²) < 4.78 is 26.1. The van der Waals surface area contributed by atoms with E-state index in [1.54, 1.807) is 24.4 Å². The maximum absolute atomic E-state index is 12.5. The van der Waals surface area contributed by atoms with E-state index in [-0.39, 0.29) is 18.9 Å². The van der Waals surface area contributed by atoms with Crippen molar-refractivity contribution in [3.63, 3.8) is 0 Å². The number of anilines is 2. The van der Waals surface area contributed by atoms with Crippen LogP contribution in [0.3, 0.4) is 0 Å². The van der Waals surface area contributed by atoms with Gasteiger partial charge in [-0.05, 0) is 43.2 Å².